The lowest BCUT2D eigenvalue weighted by atomic mass is 10.3. The predicted molar refractivity (Wildman–Crippen MR) is 87.8 cm³/mol. The van der Waals surface area contributed by atoms with Gasteiger partial charge in [0.15, 0.2) is 5.69 Å². The predicted octanol–water partition coefficient (Wildman–Crippen LogP) is 5.21. The van der Waals surface area contributed by atoms with Crippen LogP contribution in [0.5, 0.6) is 0 Å². The lowest BCUT2D eigenvalue weighted by Crippen LogP contribution is -2.18. The number of nitrogens with one attached hydrogen (secondary N) is 2. The first-order valence-electron chi connectivity index (χ1n) is 7.04. The van der Waals surface area contributed by atoms with E-state index in [0.29, 0.717) is 5.69 Å². The summed E-state index contributed by atoms with van der Waals surface area (Å²) in [4.78, 5) is 7.67. The van der Waals surface area contributed by atoms with Gasteiger partial charge in [0.2, 0.25) is 5.95 Å². The molecule has 23 heavy (non-hydrogen) atoms. The zero-order chi connectivity index (χ0) is 17.0. The van der Waals surface area contributed by atoms with Crippen LogP contribution in [0.3, 0.4) is 0 Å². The van der Waals surface area contributed by atoms with Gasteiger partial charge in [-0.3, -0.25) is 0 Å². The minimum atomic E-state index is -4.54. The van der Waals surface area contributed by atoms with Crippen LogP contribution in [-0.4, -0.2) is 16.0 Å². The second kappa shape index (κ2) is 7.16. The summed E-state index contributed by atoms with van der Waals surface area (Å²) in [5.41, 5.74) is -0.373. The molecule has 0 radical (unpaired) electrons. The number of nitrogens with zero attached hydrogens (tertiary/aromatic N) is 2. The summed E-state index contributed by atoms with van der Waals surface area (Å²) in [6, 6.07) is 7.97. The number of anilines is 3. The maximum atomic E-state index is 13.0. The van der Waals surface area contributed by atoms with Gasteiger partial charge in [0, 0.05) is 16.6 Å². The lowest BCUT2D eigenvalue weighted by molar-refractivity contribution is -0.141. The lowest BCUT2D eigenvalue weighted by Gasteiger charge is -2.15. The molecule has 2 N–H and O–H groups in total. The molecular formula is C15H16BrF3N4. The fourth-order valence-corrected chi connectivity index (χ4v) is 2.13. The molecule has 2 aromatic rings. The first-order chi connectivity index (χ1) is 10.8. The van der Waals surface area contributed by atoms with E-state index in [1.807, 2.05) is 19.9 Å². The van der Waals surface area contributed by atoms with Gasteiger partial charge in [0.05, 0.1) is 5.69 Å². The molecule has 0 bridgehead atoms. The Morgan fingerprint density at radius 3 is 2.52 bits per heavy atom. The van der Waals surface area contributed by atoms with Crippen molar-refractivity contribution < 1.29 is 13.2 Å². The van der Waals surface area contributed by atoms with E-state index in [1.54, 1.807) is 18.2 Å². The fraction of sp³-hybridized carbons (Fsp3) is 0.333. The fourth-order valence-electron chi connectivity index (χ4n) is 1.74. The molecule has 0 aliphatic heterocycles. The molecule has 0 amide bonds. The average Bonchev–Trinajstić information content (AvgIpc) is 2.48. The number of hydrogen-bond acceptors (Lipinski definition) is 4. The van der Waals surface area contributed by atoms with Crippen LogP contribution >= 0.6 is 15.9 Å². The average molecular weight is 389 g/mol. The Kier molecular flexibility index (Phi) is 5.46. The van der Waals surface area contributed by atoms with Gasteiger partial charge >= 0.3 is 6.18 Å². The highest BCUT2D eigenvalue weighted by molar-refractivity contribution is 9.10. The van der Waals surface area contributed by atoms with E-state index in [0.717, 1.165) is 17.0 Å². The van der Waals surface area contributed by atoms with E-state index >= 15 is 0 Å². The van der Waals surface area contributed by atoms with Crippen molar-refractivity contribution in [3.05, 3.63) is 40.5 Å². The van der Waals surface area contributed by atoms with Crippen LogP contribution in [0, 0.1) is 0 Å². The van der Waals surface area contributed by atoms with E-state index < -0.39 is 11.9 Å². The van der Waals surface area contributed by atoms with Crippen molar-refractivity contribution in [2.24, 2.45) is 0 Å². The summed E-state index contributed by atoms with van der Waals surface area (Å²) in [7, 11) is 0. The minimum Gasteiger partial charge on any atom is -0.352 e. The summed E-state index contributed by atoms with van der Waals surface area (Å²) in [5, 5.41) is 5.75. The Hall–Kier alpha value is -1.83. The van der Waals surface area contributed by atoms with Crippen molar-refractivity contribution in [2.75, 3.05) is 10.6 Å². The molecule has 8 heteroatoms. The van der Waals surface area contributed by atoms with E-state index in [2.05, 4.69) is 36.5 Å². The van der Waals surface area contributed by atoms with Crippen LogP contribution < -0.4 is 10.6 Å². The highest BCUT2D eigenvalue weighted by Crippen LogP contribution is 2.31. The normalized spacial score (nSPS) is 12.8. The summed E-state index contributed by atoms with van der Waals surface area (Å²) in [5.74, 6) is 0.0220. The SMILES string of the molecule is CC[C@@H](C)Nc1nc(Nc2ccccc2Br)cc(C(F)(F)F)n1. The summed E-state index contributed by atoms with van der Waals surface area (Å²) in [6.45, 7) is 3.77. The quantitative estimate of drug-likeness (QED) is 0.737. The van der Waals surface area contributed by atoms with Gasteiger partial charge < -0.3 is 10.6 Å². The van der Waals surface area contributed by atoms with Gasteiger partial charge in [-0.2, -0.15) is 18.2 Å². The van der Waals surface area contributed by atoms with Crippen molar-refractivity contribution in [3.8, 4) is 0 Å². The van der Waals surface area contributed by atoms with Crippen molar-refractivity contribution in [2.45, 2.75) is 32.5 Å². The molecule has 1 aromatic carbocycles. The number of para-hydroxylation sites is 1. The maximum Gasteiger partial charge on any atom is 0.433 e. The Labute approximate surface area is 140 Å². The Balaban J connectivity index is 2.38. The van der Waals surface area contributed by atoms with Crippen LogP contribution in [0.2, 0.25) is 0 Å². The second-order valence-electron chi connectivity index (χ2n) is 5.02. The Morgan fingerprint density at radius 1 is 1.22 bits per heavy atom. The van der Waals surface area contributed by atoms with Crippen LogP contribution in [0.25, 0.3) is 0 Å². The number of halogens is 4. The third-order valence-corrected chi connectivity index (χ3v) is 3.83. The van der Waals surface area contributed by atoms with Crippen LogP contribution in [0.1, 0.15) is 26.0 Å². The van der Waals surface area contributed by atoms with Gasteiger partial charge in [-0.1, -0.05) is 19.1 Å². The van der Waals surface area contributed by atoms with E-state index in [4.69, 9.17) is 0 Å². The smallest absolute Gasteiger partial charge is 0.352 e. The van der Waals surface area contributed by atoms with Gasteiger partial charge in [-0.15, -0.1) is 0 Å². The Bertz CT molecular complexity index is 676. The summed E-state index contributed by atoms with van der Waals surface area (Å²) < 4.78 is 39.8. The molecule has 0 unspecified atom stereocenters. The highest BCUT2D eigenvalue weighted by atomic mass is 79.9. The molecule has 0 spiro atoms. The molecule has 0 saturated heterocycles. The van der Waals surface area contributed by atoms with Crippen molar-refractivity contribution in [3.63, 3.8) is 0 Å². The van der Waals surface area contributed by atoms with Gasteiger partial charge in [0.25, 0.3) is 0 Å². The molecule has 1 aromatic heterocycles. The summed E-state index contributed by atoms with van der Waals surface area (Å²) >= 11 is 3.34. The van der Waals surface area contributed by atoms with Crippen molar-refractivity contribution >= 4 is 33.4 Å². The minimum absolute atomic E-state index is 0.0326. The van der Waals surface area contributed by atoms with Crippen LogP contribution in [0.15, 0.2) is 34.8 Å². The molecular weight excluding hydrogens is 373 g/mol. The van der Waals surface area contributed by atoms with E-state index in [-0.39, 0.29) is 17.8 Å². The molecule has 2 rings (SSSR count). The number of rotatable bonds is 5. The van der Waals surface area contributed by atoms with Crippen LogP contribution in [-0.2, 0) is 6.18 Å². The molecule has 1 heterocycles. The van der Waals surface area contributed by atoms with E-state index in [1.165, 1.54) is 0 Å². The molecule has 0 fully saturated rings. The molecule has 4 nitrogen and oxygen atoms in total. The maximum absolute atomic E-state index is 13.0. The topological polar surface area (TPSA) is 49.8 Å². The van der Waals surface area contributed by atoms with E-state index in [9.17, 15) is 13.2 Å². The molecule has 0 aliphatic rings. The first-order valence-corrected chi connectivity index (χ1v) is 7.83. The third kappa shape index (κ3) is 4.82. The zero-order valence-corrected chi connectivity index (χ0v) is 14.2. The molecule has 124 valence electrons. The summed E-state index contributed by atoms with van der Waals surface area (Å²) in [6.07, 6.45) is -3.80. The number of benzene rings is 1. The zero-order valence-electron chi connectivity index (χ0n) is 12.6. The molecule has 0 saturated carbocycles. The molecule has 1 atom stereocenters. The largest absolute Gasteiger partial charge is 0.433 e. The van der Waals surface area contributed by atoms with Gasteiger partial charge in [-0.05, 0) is 41.4 Å². The standard InChI is InChI=1S/C15H16BrF3N4/c1-3-9(2)20-14-22-12(15(17,18)19)8-13(23-14)21-11-7-5-4-6-10(11)16/h4-9H,3H2,1-2H3,(H2,20,21,22,23)/t9-/m1/s1. The monoisotopic (exact) mass is 388 g/mol. The van der Waals surface area contributed by atoms with Crippen molar-refractivity contribution in [1.29, 1.82) is 0 Å². The number of alkyl halides is 3. The number of hydrogen-bond donors (Lipinski definition) is 2. The highest BCUT2D eigenvalue weighted by Gasteiger charge is 2.34. The second-order valence-corrected chi connectivity index (χ2v) is 5.87. The number of aromatic nitrogens is 2. The first kappa shape index (κ1) is 17.5. The van der Waals surface area contributed by atoms with Gasteiger partial charge in [0.1, 0.15) is 5.82 Å². The van der Waals surface area contributed by atoms with Crippen LogP contribution in [0.4, 0.5) is 30.6 Å². The Morgan fingerprint density at radius 2 is 1.91 bits per heavy atom. The van der Waals surface area contributed by atoms with Gasteiger partial charge in [-0.25, -0.2) is 4.98 Å². The third-order valence-electron chi connectivity index (χ3n) is 3.14. The molecule has 0 aliphatic carbocycles. The van der Waals surface area contributed by atoms with Crippen molar-refractivity contribution in [1.82, 2.24) is 9.97 Å².